The van der Waals surface area contributed by atoms with E-state index in [1.165, 1.54) is 23.6 Å². The summed E-state index contributed by atoms with van der Waals surface area (Å²) in [4.78, 5) is 45.1. The van der Waals surface area contributed by atoms with Crippen molar-refractivity contribution in [3.63, 3.8) is 0 Å². The number of hydroxylamine groups is 2. The fourth-order valence-electron chi connectivity index (χ4n) is 4.27. The van der Waals surface area contributed by atoms with E-state index in [0.29, 0.717) is 42.6 Å². The summed E-state index contributed by atoms with van der Waals surface area (Å²) >= 11 is 0. The first-order valence-corrected chi connectivity index (χ1v) is 10.0. The van der Waals surface area contributed by atoms with Crippen LogP contribution < -0.4 is 5.32 Å². The van der Waals surface area contributed by atoms with E-state index in [4.69, 9.17) is 0 Å². The van der Waals surface area contributed by atoms with Gasteiger partial charge in [-0.3, -0.25) is 29.6 Å². The van der Waals surface area contributed by atoms with Crippen LogP contribution in [0.2, 0.25) is 0 Å². The Bertz CT molecular complexity index is 712. The molecule has 29 heavy (non-hydrogen) atoms. The maximum atomic E-state index is 13.4. The van der Waals surface area contributed by atoms with Crippen LogP contribution in [0, 0.1) is 11.8 Å². The smallest absolute Gasteiger partial charge is 0.250 e. The Kier molecular flexibility index (Phi) is 7.10. The normalized spacial score (nSPS) is 21.2. The SMILES string of the molecule is CN1CCC(C(=O)Nc2cnccn2)N1C(=O)C(CC1CCCC1)CN(O)C=O. The van der Waals surface area contributed by atoms with Crippen LogP contribution in [-0.4, -0.2) is 74.7 Å². The van der Waals surface area contributed by atoms with Crippen LogP contribution in [0.5, 0.6) is 0 Å². The summed E-state index contributed by atoms with van der Waals surface area (Å²) in [5.41, 5.74) is 0. The van der Waals surface area contributed by atoms with Crippen molar-refractivity contribution in [1.29, 1.82) is 0 Å². The molecule has 1 aliphatic heterocycles. The fraction of sp³-hybridized carbons (Fsp3) is 0.632. The minimum atomic E-state index is -0.677. The van der Waals surface area contributed by atoms with Crippen LogP contribution in [0.1, 0.15) is 38.5 Å². The average Bonchev–Trinajstić information content (AvgIpc) is 3.37. The Labute approximate surface area is 169 Å². The molecule has 0 bridgehead atoms. The Morgan fingerprint density at radius 1 is 1.34 bits per heavy atom. The van der Waals surface area contributed by atoms with Crippen LogP contribution in [0.3, 0.4) is 0 Å². The van der Waals surface area contributed by atoms with Crippen LogP contribution >= 0.6 is 0 Å². The maximum Gasteiger partial charge on any atom is 0.250 e. The first-order valence-electron chi connectivity index (χ1n) is 10.0. The predicted octanol–water partition coefficient (Wildman–Crippen LogP) is 0.907. The van der Waals surface area contributed by atoms with Crippen molar-refractivity contribution in [3.05, 3.63) is 18.6 Å². The van der Waals surface area contributed by atoms with Crippen molar-refractivity contribution in [2.75, 3.05) is 25.5 Å². The molecule has 2 aliphatic rings. The highest BCUT2D eigenvalue weighted by Gasteiger charge is 2.41. The molecular weight excluding hydrogens is 376 g/mol. The third-order valence-corrected chi connectivity index (χ3v) is 5.70. The van der Waals surface area contributed by atoms with Crippen LogP contribution in [0.25, 0.3) is 0 Å². The third-order valence-electron chi connectivity index (χ3n) is 5.70. The molecule has 1 aromatic heterocycles. The van der Waals surface area contributed by atoms with Gasteiger partial charge in [0.2, 0.25) is 18.2 Å². The van der Waals surface area contributed by atoms with E-state index in [9.17, 15) is 19.6 Å². The van der Waals surface area contributed by atoms with Gasteiger partial charge in [0.25, 0.3) is 0 Å². The van der Waals surface area contributed by atoms with Crippen LogP contribution in [0.4, 0.5) is 5.82 Å². The maximum absolute atomic E-state index is 13.4. The van der Waals surface area contributed by atoms with Crippen molar-refractivity contribution in [3.8, 4) is 0 Å². The monoisotopic (exact) mass is 404 g/mol. The third kappa shape index (κ3) is 5.27. The lowest BCUT2D eigenvalue weighted by Gasteiger charge is -2.33. The van der Waals surface area contributed by atoms with E-state index in [1.54, 1.807) is 12.1 Å². The fourth-order valence-corrected chi connectivity index (χ4v) is 4.27. The number of hydrogen-bond acceptors (Lipinski definition) is 7. The van der Waals surface area contributed by atoms with Gasteiger partial charge in [-0.25, -0.2) is 15.1 Å². The summed E-state index contributed by atoms with van der Waals surface area (Å²) in [5.74, 6) is -0.440. The second-order valence-electron chi connectivity index (χ2n) is 7.76. The first-order chi connectivity index (χ1) is 14.0. The molecule has 1 saturated heterocycles. The zero-order chi connectivity index (χ0) is 20.8. The molecule has 1 aromatic rings. The number of hydrazine groups is 1. The molecule has 3 rings (SSSR count). The second-order valence-corrected chi connectivity index (χ2v) is 7.76. The van der Waals surface area contributed by atoms with Crippen LogP contribution in [0.15, 0.2) is 18.6 Å². The summed E-state index contributed by atoms with van der Waals surface area (Å²) in [6.45, 7) is 0.471. The quantitative estimate of drug-likeness (QED) is 0.375. The van der Waals surface area contributed by atoms with Gasteiger partial charge < -0.3 is 5.32 Å². The summed E-state index contributed by atoms with van der Waals surface area (Å²) in [6.07, 6.45) is 10.2. The van der Waals surface area contributed by atoms with E-state index in [0.717, 1.165) is 25.7 Å². The number of nitrogens with zero attached hydrogens (tertiary/aromatic N) is 5. The molecule has 0 radical (unpaired) electrons. The zero-order valence-electron chi connectivity index (χ0n) is 16.6. The number of carbonyl (C=O) groups excluding carboxylic acids is 3. The summed E-state index contributed by atoms with van der Waals surface area (Å²) < 4.78 is 0. The molecule has 158 valence electrons. The van der Waals surface area contributed by atoms with E-state index in [2.05, 4.69) is 15.3 Å². The lowest BCUT2D eigenvalue weighted by atomic mass is 9.92. The molecular formula is C19H28N6O4. The van der Waals surface area contributed by atoms with Crippen molar-refractivity contribution < 1.29 is 19.6 Å². The van der Waals surface area contributed by atoms with Gasteiger partial charge in [0, 0.05) is 26.0 Å². The summed E-state index contributed by atoms with van der Waals surface area (Å²) in [7, 11) is 1.76. The van der Waals surface area contributed by atoms with Gasteiger partial charge in [-0.15, -0.1) is 0 Å². The van der Waals surface area contributed by atoms with Crippen LogP contribution in [-0.2, 0) is 14.4 Å². The van der Waals surface area contributed by atoms with Gasteiger partial charge in [-0.05, 0) is 18.8 Å². The summed E-state index contributed by atoms with van der Waals surface area (Å²) in [6, 6.07) is -0.677. The Morgan fingerprint density at radius 2 is 2.10 bits per heavy atom. The van der Waals surface area contributed by atoms with Crippen molar-refractivity contribution in [1.82, 2.24) is 25.0 Å². The van der Waals surface area contributed by atoms with E-state index in [-0.39, 0.29) is 18.4 Å². The molecule has 2 fully saturated rings. The molecule has 3 amide bonds. The van der Waals surface area contributed by atoms with Gasteiger partial charge in [0.05, 0.1) is 18.7 Å². The van der Waals surface area contributed by atoms with Gasteiger partial charge in [0.15, 0.2) is 5.82 Å². The Balaban J connectivity index is 1.74. The highest BCUT2D eigenvalue weighted by atomic mass is 16.5. The van der Waals surface area contributed by atoms with E-state index >= 15 is 0 Å². The molecule has 2 heterocycles. The molecule has 2 N–H and O–H groups in total. The van der Waals surface area contributed by atoms with E-state index < -0.39 is 12.0 Å². The van der Waals surface area contributed by atoms with Gasteiger partial charge in [0.1, 0.15) is 6.04 Å². The first kappa shape index (κ1) is 21.1. The second kappa shape index (κ2) is 9.75. The van der Waals surface area contributed by atoms with Crippen molar-refractivity contribution >= 4 is 24.0 Å². The van der Waals surface area contributed by atoms with Crippen molar-refractivity contribution in [2.24, 2.45) is 11.8 Å². The molecule has 0 spiro atoms. The molecule has 1 saturated carbocycles. The highest BCUT2D eigenvalue weighted by Crippen LogP contribution is 2.32. The molecule has 0 aromatic carbocycles. The Hall–Kier alpha value is -2.59. The molecule has 2 atom stereocenters. The minimum absolute atomic E-state index is 0.0817. The number of hydrogen-bond donors (Lipinski definition) is 2. The summed E-state index contributed by atoms with van der Waals surface area (Å²) in [5, 5.41) is 16.1. The number of anilines is 1. The minimum Gasteiger partial charge on any atom is -0.308 e. The Morgan fingerprint density at radius 3 is 2.76 bits per heavy atom. The standard InChI is InChI=1S/C19H28N6O4/c1-23-9-6-16(18(27)22-17-11-20-7-8-21-17)25(23)19(28)15(12-24(29)13-26)10-14-4-2-3-5-14/h7-8,11,13-16,29H,2-6,9-10,12H2,1H3,(H,21,22,27). The zero-order valence-corrected chi connectivity index (χ0v) is 16.6. The number of nitrogens with one attached hydrogen (secondary N) is 1. The van der Waals surface area contributed by atoms with Gasteiger partial charge in [-0.2, -0.15) is 0 Å². The predicted molar refractivity (Wildman–Crippen MR) is 103 cm³/mol. The number of carbonyl (C=O) groups is 3. The number of rotatable bonds is 8. The number of aromatic nitrogens is 2. The average molecular weight is 404 g/mol. The number of amides is 3. The lowest BCUT2D eigenvalue weighted by molar-refractivity contribution is -0.164. The largest absolute Gasteiger partial charge is 0.308 e. The molecule has 2 unspecified atom stereocenters. The van der Waals surface area contributed by atoms with Gasteiger partial charge >= 0.3 is 0 Å². The molecule has 10 heteroatoms. The van der Waals surface area contributed by atoms with E-state index in [1.807, 2.05) is 0 Å². The molecule has 1 aliphatic carbocycles. The highest BCUT2D eigenvalue weighted by molar-refractivity contribution is 5.97. The molecule has 10 nitrogen and oxygen atoms in total. The lowest BCUT2D eigenvalue weighted by Crippen LogP contribution is -2.52. The van der Waals surface area contributed by atoms with Crippen molar-refractivity contribution in [2.45, 2.75) is 44.6 Å². The topological polar surface area (TPSA) is 119 Å². The van der Waals surface area contributed by atoms with Gasteiger partial charge in [-0.1, -0.05) is 25.7 Å².